The number of furan rings is 1. The lowest BCUT2D eigenvalue weighted by molar-refractivity contribution is 0.0949. The summed E-state index contributed by atoms with van der Waals surface area (Å²) < 4.78 is 5.90. The number of hydrazone groups is 1. The van der Waals surface area contributed by atoms with Crippen molar-refractivity contribution in [3.8, 4) is 0 Å². The van der Waals surface area contributed by atoms with Gasteiger partial charge in [-0.05, 0) is 44.0 Å². The molecule has 0 radical (unpaired) electrons. The summed E-state index contributed by atoms with van der Waals surface area (Å²) in [4.78, 5) is 33.9. The number of pyridine rings is 2. The van der Waals surface area contributed by atoms with Crippen LogP contribution in [-0.4, -0.2) is 27.5 Å². The fourth-order valence-corrected chi connectivity index (χ4v) is 3.99. The van der Waals surface area contributed by atoms with Crippen LogP contribution in [0.3, 0.4) is 0 Å². The Kier molecular flexibility index (Phi) is 5.40. The number of rotatable bonds is 4. The monoisotopic (exact) mass is 439 g/mol. The minimum atomic E-state index is -0.393. The van der Waals surface area contributed by atoms with Gasteiger partial charge in [-0.1, -0.05) is 24.3 Å². The number of aryl methyl sites for hydroxylation is 1. The van der Waals surface area contributed by atoms with E-state index in [-0.39, 0.29) is 17.4 Å². The first kappa shape index (κ1) is 20.6. The lowest BCUT2D eigenvalue weighted by Gasteiger charge is -2.13. The molecule has 8 heteroatoms. The number of aromatic nitrogens is 2. The summed E-state index contributed by atoms with van der Waals surface area (Å²) in [5, 5.41) is 8.13. The SMILES string of the molecule is Cc1c(C(=O)Nc2cccnc2)oc2c1/C(=N/NC(=O)c1ccc3ccccc3n1)CCC2. The molecule has 0 atom stereocenters. The average Bonchev–Trinajstić information content (AvgIpc) is 3.20. The van der Waals surface area contributed by atoms with Gasteiger partial charge in [-0.25, -0.2) is 10.4 Å². The molecule has 3 heterocycles. The van der Waals surface area contributed by atoms with Crippen molar-refractivity contribution in [2.75, 3.05) is 5.32 Å². The first-order valence-electron chi connectivity index (χ1n) is 10.7. The standard InChI is InChI=1S/C25H21N5O3/c1-15-22-19(29-30-24(31)20-12-11-16-6-2-3-8-18(16)28-20)9-4-10-21(22)33-23(15)25(32)27-17-7-5-13-26-14-17/h2-3,5-8,11-14H,4,9-10H2,1H3,(H,27,32)(H,30,31)/b29-19+. The molecule has 0 saturated carbocycles. The van der Waals surface area contributed by atoms with Crippen molar-refractivity contribution in [1.82, 2.24) is 15.4 Å². The van der Waals surface area contributed by atoms with Crippen LogP contribution in [0.2, 0.25) is 0 Å². The zero-order valence-corrected chi connectivity index (χ0v) is 18.0. The highest BCUT2D eigenvalue weighted by Crippen LogP contribution is 2.30. The highest BCUT2D eigenvalue weighted by Gasteiger charge is 2.28. The molecule has 0 fully saturated rings. The highest BCUT2D eigenvalue weighted by molar-refractivity contribution is 6.09. The van der Waals surface area contributed by atoms with Gasteiger partial charge < -0.3 is 9.73 Å². The molecular formula is C25H21N5O3. The Bertz CT molecular complexity index is 1390. The normalized spacial score (nSPS) is 14.2. The predicted molar refractivity (Wildman–Crippen MR) is 124 cm³/mol. The molecule has 1 aliphatic carbocycles. The Morgan fingerprint density at radius 1 is 1.03 bits per heavy atom. The molecule has 0 unspecified atom stereocenters. The van der Waals surface area contributed by atoms with Crippen LogP contribution in [0.15, 0.2) is 70.4 Å². The maximum atomic E-state index is 12.8. The highest BCUT2D eigenvalue weighted by atomic mass is 16.4. The maximum absolute atomic E-state index is 12.8. The van der Waals surface area contributed by atoms with Crippen molar-refractivity contribution in [2.45, 2.75) is 26.2 Å². The Morgan fingerprint density at radius 2 is 1.91 bits per heavy atom. The van der Waals surface area contributed by atoms with Crippen LogP contribution in [0.1, 0.15) is 50.8 Å². The molecule has 2 amide bonds. The number of para-hydroxylation sites is 1. The van der Waals surface area contributed by atoms with Crippen molar-refractivity contribution in [3.63, 3.8) is 0 Å². The molecule has 164 valence electrons. The second-order valence-corrected chi connectivity index (χ2v) is 7.79. The van der Waals surface area contributed by atoms with Gasteiger partial charge >= 0.3 is 0 Å². The van der Waals surface area contributed by atoms with Gasteiger partial charge in [-0.2, -0.15) is 5.10 Å². The summed E-state index contributed by atoms with van der Waals surface area (Å²) in [7, 11) is 0. The van der Waals surface area contributed by atoms with Gasteiger partial charge in [0.2, 0.25) is 0 Å². The Labute approximate surface area is 189 Å². The second-order valence-electron chi connectivity index (χ2n) is 7.79. The second kappa shape index (κ2) is 8.66. The molecule has 8 nitrogen and oxygen atoms in total. The van der Waals surface area contributed by atoms with Crippen molar-refractivity contribution < 1.29 is 14.0 Å². The van der Waals surface area contributed by atoms with Crippen LogP contribution < -0.4 is 10.7 Å². The number of anilines is 1. The van der Waals surface area contributed by atoms with E-state index in [0.29, 0.717) is 35.6 Å². The minimum Gasteiger partial charge on any atom is -0.455 e. The van der Waals surface area contributed by atoms with Crippen LogP contribution in [0.4, 0.5) is 5.69 Å². The summed E-state index contributed by atoms with van der Waals surface area (Å²) >= 11 is 0. The Balaban J connectivity index is 1.38. The largest absolute Gasteiger partial charge is 0.455 e. The van der Waals surface area contributed by atoms with Gasteiger partial charge in [0.1, 0.15) is 11.5 Å². The molecule has 0 bridgehead atoms. The quantitative estimate of drug-likeness (QED) is 0.462. The van der Waals surface area contributed by atoms with Gasteiger partial charge in [0.05, 0.1) is 23.1 Å². The van der Waals surface area contributed by atoms with E-state index in [1.54, 1.807) is 30.6 Å². The first-order valence-corrected chi connectivity index (χ1v) is 10.7. The van der Waals surface area contributed by atoms with Crippen molar-refractivity contribution in [3.05, 3.63) is 89.3 Å². The third-order valence-electron chi connectivity index (χ3n) is 5.57. The zero-order chi connectivity index (χ0) is 22.8. The van der Waals surface area contributed by atoms with Gasteiger partial charge in [-0.15, -0.1) is 0 Å². The summed E-state index contributed by atoms with van der Waals surface area (Å²) in [6.45, 7) is 1.83. The fourth-order valence-electron chi connectivity index (χ4n) is 3.99. The van der Waals surface area contributed by atoms with E-state index < -0.39 is 5.91 Å². The number of nitrogens with one attached hydrogen (secondary N) is 2. The number of amides is 2. The fraction of sp³-hybridized carbons (Fsp3) is 0.160. The number of nitrogens with zero attached hydrogens (tertiary/aromatic N) is 3. The van der Waals surface area contributed by atoms with Crippen LogP contribution in [0.25, 0.3) is 10.9 Å². The lowest BCUT2D eigenvalue weighted by atomic mass is 9.93. The third-order valence-corrected chi connectivity index (χ3v) is 5.57. The van der Waals surface area contributed by atoms with Crippen molar-refractivity contribution >= 4 is 34.1 Å². The molecule has 1 aromatic carbocycles. The predicted octanol–water partition coefficient (Wildman–Crippen LogP) is 4.25. The molecule has 2 N–H and O–H groups in total. The number of carbonyl (C=O) groups is 2. The first-order chi connectivity index (χ1) is 16.1. The Morgan fingerprint density at radius 3 is 2.76 bits per heavy atom. The average molecular weight is 439 g/mol. The number of fused-ring (bicyclic) bond motifs is 2. The number of hydrogen-bond donors (Lipinski definition) is 2. The number of benzene rings is 1. The summed E-state index contributed by atoms with van der Waals surface area (Å²) in [6.07, 6.45) is 5.39. The molecule has 33 heavy (non-hydrogen) atoms. The van der Waals surface area contributed by atoms with Crippen molar-refractivity contribution in [1.29, 1.82) is 0 Å². The summed E-state index contributed by atoms with van der Waals surface area (Å²) in [5.41, 5.74) is 6.40. The topological polar surface area (TPSA) is 109 Å². The van der Waals surface area contributed by atoms with E-state index in [4.69, 9.17) is 4.42 Å². The maximum Gasteiger partial charge on any atom is 0.291 e. The third kappa shape index (κ3) is 4.10. The van der Waals surface area contributed by atoms with E-state index >= 15 is 0 Å². The number of hydrogen-bond acceptors (Lipinski definition) is 6. The van der Waals surface area contributed by atoms with E-state index in [1.807, 2.05) is 37.3 Å². The van der Waals surface area contributed by atoms with Gasteiger partial charge in [0, 0.05) is 29.1 Å². The van der Waals surface area contributed by atoms with Gasteiger partial charge in [0.25, 0.3) is 11.8 Å². The molecule has 1 aliphatic rings. The molecule has 0 spiro atoms. The van der Waals surface area contributed by atoms with E-state index in [1.165, 1.54) is 0 Å². The van der Waals surface area contributed by atoms with Crippen molar-refractivity contribution in [2.24, 2.45) is 5.10 Å². The van der Waals surface area contributed by atoms with E-state index in [2.05, 4.69) is 25.8 Å². The van der Waals surface area contributed by atoms with Crippen LogP contribution in [-0.2, 0) is 6.42 Å². The Hall–Kier alpha value is -4.33. The molecule has 3 aromatic heterocycles. The van der Waals surface area contributed by atoms with Crippen LogP contribution >= 0.6 is 0 Å². The molecule has 0 aliphatic heterocycles. The molecule has 5 rings (SSSR count). The zero-order valence-electron chi connectivity index (χ0n) is 18.0. The summed E-state index contributed by atoms with van der Waals surface area (Å²) in [5.74, 6) is 0.197. The number of carbonyl (C=O) groups excluding carboxylic acids is 2. The van der Waals surface area contributed by atoms with Gasteiger partial charge in [0.15, 0.2) is 5.76 Å². The van der Waals surface area contributed by atoms with Gasteiger partial charge in [-0.3, -0.25) is 14.6 Å². The van der Waals surface area contributed by atoms with E-state index in [9.17, 15) is 9.59 Å². The smallest absolute Gasteiger partial charge is 0.291 e. The van der Waals surface area contributed by atoms with Crippen LogP contribution in [0.5, 0.6) is 0 Å². The lowest BCUT2D eigenvalue weighted by Crippen LogP contribution is -2.23. The summed E-state index contributed by atoms with van der Waals surface area (Å²) in [6, 6.07) is 14.6. The molecular weight excluding hydrogens is 418 g/mol. The minimum absolute atomic E-state index is 0.237. The molecule has 0 saturated heterocycles. The van der Waals surface area contributed by atoms with E-state index in [0.717, 1.165) is 22.9 Å². The van der Waals surface area contributed by atoms with Crippen LogP contribution in [0, 0.1) is 6.92 Å². The molecule has 4 aromatic rings.